The van der Waals surface area contributed by atoms with Crippen molar-refractivity contribution < 1.29 is 14.3 Å². The van der Waals surface area contributed by atoms with Crippen LogP contribution in [0.15, 0.2) is 18.2 Å². The van der Waals surface area contributed by atoms with Crippen LogP contribution in [0.4, 0.5) is 0 Å². The zero-order valence-corrected chi connectivity index (χ0v) is 13.9. The second-order valence-corrected chi connectivity index (χ2v) is 5.68. The Labute approximate surface area is 132 Å². The summed E-state index contributed by atoms with van der Waals surface area (Å²) in [6, 6.07) is 5.62. The molecule has 22 heavy (non-hydrogen) atoms. The van der Waals surface area contributed by atoms with E-state index < -0.39 is 0 Å². The second kappa shape index (κ2) is 9.20. The molecule has 0 spiro atoms. The molecule has 2 N–H and O–H groups in total. The van der Waals surface area contributed by atoms with E-state index in [9.17, 15) is 9.59 Å². The van der Waals surface area contributed by atoms with Crippen molar-refractivity contribution in [3.8, 4) is 0 Å². The highest BCUT2D eigenvalue weighted by Gasteiger charge is 2.08. The Morgan fingerprint density at radius 2 is 1.73 bits per heavy atom. The van der Waals surface area contributed by atoms with Crippen molar-refractivity contribution in [2.24, 2.45) is 0 Å². The van der Waals surface area contributed by atoms with Gasteiger partial charge in [-0.1, -0.05) is 17.2 Å². The Morgan fingerprint density at radius 1 is 1.09 bits per heavy atom. The van der Waals surface area contributed by atoms with Crippen LogP contribution < -0.4 is 10.6 Å². The highest BCUT2D eigenvalue weighted by atomic mass is 16.5. The van der Waals surface area contributed by atoms with Crippen LogP contribution in [0.25, 0.3) is 0 Å². The molecule has 0 aliphatic rings. The number of amides is 2. The zero-order valence-electron chi connectivity index (χ0n) is 13.9. The van der Waals surface area contributed by atoms with E-state index >= 15 is 0 Å². The van der Waals surface area contributed by atoms with Crippen molar-refractivity contribution in [1.29, 1.82) is 0 Å². The normalized spacial score (nSPS) is 10.6. The lowest BCUT2D eigenvalue weighted by Crippen LogP contribution is -2.37. The first-order valence-electron chi connectivity index (χ1n) is 7.63. The van der Waals surface area contributed by atoms with E-state index in [1.165, 1.54) is 0 Å². The largest absolute Gasteiger partial charge is 0.379 e. The fourth-order valence-corrected chi connectivity index (χ4v) is 2.05. The average molecular weight is 306 g/mol. The molecule has 5 heteroatoms. The predicted octanol–water partition coefficient (Wildman–Crippen LogP) is 1.96. The quantitative estimate of drug-likeness (QED) is 0.722. The minimum atomic E-state index is -0.231. The third-order valence-electron chi connectivity index (χ3n) is 2.99. The molecule has 0 saturated carbocycles. The van der Waals surface area contributed by atoms with Crippen molar-refractivity contribution in [3.63, 3.8) is 0 Å². The van der Waals surface area contributed by atoms with Crippen molar-refractivity contribution in [1.82, 2.24) is 10.6 Å². The lowest BCUT2D eigenvalue weighted by atomic mass is 10.1. The molecule has 0 saturated heterocycles. The van der Waals surface area contributed by atoms with Crippen LogP contribution in [0.2, 0.25) is 0 Å². The van der Waals surface area contributed by atoms with Crippen LogP contribution in [0.1, 0.15) is 41.8 Å². The number of benzene rings is 1. The highest BCUT2D eigenvalue weighted by molar-refractivity contribution is 5.96. The summed E-state index contributed by atoms with van der Waals surface area (Å²) >= 11 is 0. The molecule has 5 nitrogen and oxygen atoms in total. The molecule has 0 radical (unpaired) electrons. The molecule has 0 atom stereocenters. The van der Waals surface area contributed by atoms with E-state index in [0.717, 1.165) is 17.5 Å². The van der Waals surface area contributed by atoms with Crippen LogP contribution in [0, 0.1) is 13.8 Å². The van der Waals surface area contributed by atoms with Gasteiger partial charge in [-0.3, -0.25) is 9.59 Å². The number of ether oxygens (including phenoxy) is 1. The lowest BCUT2D eigenvalue weighted by Gasteiger charge is -2.09. The SMILES string of the molecule is Cc1cc(C)cc(C(=O)NCC(=O)NCCCOC(C)C)c1. The zero-order chi connectivity index (χ0) is 16.5. The summed E-state index contributed by atoms with van der Waals surface area (Å²) in [5.41, 5.74) is 2.63. The molecular formula is C17H26N2O3. The van der Waals surface area contributed by atoms with Gasteiger partial charge in [0.05, 0.1) is 12.6 Å². The molecule has 122 valence electrons. The molecule has 0 fully saturated rings. The van der Waals surface area contributed by atoms with Gasteiger partial charge >= 0.3 is 0 Å². The monoisotopic (exact) mass is 306 g/mol. The van der Waals surface area contributed by atoms with Crippen molar-refractivity contribution in [2.75, 3.05) is 19.7 Å². The Morgan fingerprint density at radius 3 is 2.32 bits per heavy atom. The van der Waals surface area contributed by atoms with Gasteiger partial charge in [0.2, 0.25) is 5.91 Å². The summed E-state index contributed by atoms with van der Waals surface area (Å²) in [5.74, 6) is -0.424. The molecule has 1 rings (SSSR count). The number of carbonyl (C=O) groups excluding carboxylic acids is 2. The molecule has 0 aromatic heterocycles. The van der Waals surface area contributed by atoms with Crippen LogP contribution in [-0.2, 0) is 9.53 Å². The summed E-state index contributed by atoms with van der Waals surface area (Å²) < 4.78 is 5.38. The Hall–Kier alpha value is -1.88. The van der Waals surface area contributed by atoms with Gasteiger partial charge in [0.25, 0.3) is 5.91 Å². The van der Waals surface area contributed by atoms with Gasteiger partial charge in [-0.15, -0.1) is 0 Å². The maximum atomic E-state index is 12.0. The first-order chi connectivity index (χ1) is 10.4. The number of carbonyl (C=O) groups is 2. The van der Waals surface area contributed by atoms with E-state index in [-0.39, 0.29) is 24.5 Å². The van der Waals surface area contributed by atoms with Gasteiger partial charge in [0, 0.05) is 18.7 Å². The van der Waals surface area contributed by atoms with Crippen LogP contribution in [0.5, 0.6) is 0 Å². The van der Waals surface area contributed by atoms with Gasteiger partial charge in [-0.25, -0.2) is 0 Å². The Balaban J connectivity index is 2.27. The number of hydrogen-bond donors (Lipinski definition) is 2. The first-order valence-corrected chi connectivity index (χ1v) is 7.63. The molecule has 1 aromatic rings. The Bertz CT molecular complexity index is 492. The fourth-order valence-electron chi connectivity index (χ4n) is 2.05. The van der Waals surface area contributed by atoms with Gasteiger partial charge in [0.1, 0.15) is 0 Å². The maximum absolute atomic E-state index is 12.0. The standard InChI is InChI=1S/C17H26N2O3/c1-12(2)22-7-5-6-18-16(20)11-19-17(21)15-9-13(3)8-14(4)10-15/h8-10,12H,5-7,11H2,1-4H3,(H,18,20)(H,19,21). The summed E-state index contributed by atoms with van der Waals surface area (Å²) in [4.78, 5) is 23.6. The molecule has 1 aromatic carbocycles. The van der Waals surface area contributed by atoms with Crippen LogP contribution >= 0.6 is 0 Å². The summed E-state index contributed by atoms with van der Waals surface area (Å²) in [6.45, 7) is 8.97. The minimum absolute atomic E-state index is 0.0170. The molecule has 0 bridgehead atoms. The molecule has 2 amide bonds. The smallest absolute Gasteiger partial charge is 0.251 e. The van der Waals surface area contributed by atoms with E-state index in [1.54, 1.807) is 0 Å². The molecule has 0 unspecified atom stereocenters. The number of nitrogens with one attached hydrogen (secondary N) is 2. The molecule has 0 aliphatic heterocycles. The van der Waals surface area contributed by atoms with Crippen LogP contribution in [-0.4, -0.2) is 37.6 Å². The maximum Gasteiger partial charge on any atom is 0.251 e. The van der Waals surface area contributed by atoms with Gasteiger partial charge in [-0.05, 0) is 46.2 Å². The summed E-state index contributed by atoms with van der Waals surface area (Å²) in [5, 5.41) is 5.38. The third kappa shape index (κ3) is 7.22. The predicted molar refractivity (Wildman–Crippen MR) is 87.0 cm³/mol. The van der Waals surface area contributed by atoms with Crippen molar-refractivity contribution in [2.45, 2.75) is 40.2 Å². The molecular weight excluding hydrogens is 280 g/mol. The van der Waals surface area contributed by atoms with E-state index in [2.05, 4.69) is 10.6 Å². The van der Waals surface area contributed by atoms with Gasteiger partial charge < -0.3 is 15.4 Å². The summed E-state index contributed by atoms with van der Waals surface area (Å²) in [6.07, 6.45) is 0.961. The van der Waals surface area contributed by atoms with E-state index in [0.29, 0.717) is 18.7 Å². The second-order valence-electron chi connectivity index (χ2n) is 5.68. The molecule has 0 aliphatic carbocycles. The first kappa shape index (κ1) is 18.2. The fraction of sp³-hybridized carbons (Fsp3) is 0.529. The number of rotatable bonds is 8. The minimum Gasteiger partial charge on any atom is -0.379 e. The molecule has 0 heterocycles. The van der Waals surface area contributed by atoms with Gasteiger partial charge in [0.15, 0.2) is 0 Å². The topological polar surface area (TPSA) is 67.4 Å². The third-order valence-corrected chi connectivity index (χ3v) is 2.99. The summed E-state index contributed by atoms with van der Waals surface area (Å²) in [7, 11) is 0. The van der Waals surface area contributed by atoms with Crippen molar-refractivity contribution in [3.05, 3.63) is 34.9 Å². The van der Waals surface area contributed by atoms with Crippen LogP contribution in [0.3, 0.4) is 0 Å². The van der Waals surface area contributed by atoms with E-state index in [4.69, 9.17) is 4.74 Å². The van der Waals surface area contributed by atoms with Crippen molar-refractivity contribution >= 4 is 11.8 Å². The average Bonchev–Trinajstić information content (AvgIpc) is 2.43. The Kier molecular flexibility index (Phi) is 7.60. The number of hydrogen-bond acceptors (Lipinski definition) is 3. The number of aryl methyl sites for hydroxylation is 2. The van der Waals surface area contributed by atoms with Gasteiger partial charge in [-0.2, -0.15) is 0 Å². The highest BCUT2D eigenvalue weighted by Crippen LogP contribution is 2.08. The lowest BCUT2D eigenvalue weighted by molar-refractivity contribution is -0.120. The van der Waals surface area contributed by atoms with E-state index in [1.807, 2.05) is 45.9 Å².